The SMILES string of the molecule is O=C(NCC(F)(F)F)c1cc(NC(=O)C2C(c3ccc(F)c(Cl)c3)C2(Cl)Cl)cc(Cl)c1F. The van der Waals surface area contributed by atoms with Gasteiger partial charge in [-0.05, 0) is 29.8 Å². The average molecular weight is 536 g/mol. The van der Waals surface area contributed by atoms with Crippen LogP contribution in [0.15, 0.2) is 30.3 Å². The van der Waals surface area contributed by atoms with Crippen LogP contribution in [0.25, 0.3) is 0 Å². The Balaban J connectivity index is 1.79. The number of hydrogen-bond acceptors (Lipinski definition) is 2. The number of carbonyl (C=O) groups excluding carboxylic acids is 2. The van der Waals surface area contributed by atoms with Gasteiger partial charge in [0.15, 0.2) is 5.82 Å². The second kappa shape index (κ2) is 8.85. The predicted octanol–water partition coefficient (Wildman–Crippen LogP) is 6.09. The molecule has 0 heterocycles. The summed E-state index contributed by atoms with van der Waals surface area (Å²) >= 11 is 23.9. The molecule has 0 radical (unpaired) electrons. The molecule has 32 heavy (non-hydrogen) atoms. The van der Waals surface area contributed by atoms with Crippen LogP contribution < -0.4 is 10.6 Å². The Bertz CT molecular complexity index is 1090. The van der Waals surface area contributed by atoms with E-state index in [0.29, 0.717) is 5.56 Å². The Kier molecular flexibility index (Phi) is 6.87. The summed E-state index contributed by atoms with van der Waals surface area (Å²) in [5.74, 6) is -5.85. The lowest BCUT2D eigenvalue weighted by Gasteiger charge is -2.12. The van der Waals surface area contributed by atoms with E-state index >= 15 is 0 Å². The molecule has 2 aromatic rings. The fourth-order valence-corrected chi connectivity index (χ4v) is 4.33. The van der Waals surface area contributed by atoms with E-state index in [1.54, 1.807) is 0 Å². The molecule has 0 spiro atoms. The Hall–Kier alpha value is -1.81. The van der Waals surface area contributed by atoms with Gasteiger partial charge in [0.2, 0.25) is 5.91 Å². The van der Waals surface area contributed by atoms with Crippen molar-refractivity contribution >= 4 is 63.9 Å². The summed E-state index contributed by atoms with van der Waals surface area (Å²) in [5.41, 5.74) is -0.589. The van der Waals surface area contributed by atoms with E-state index in [0.717, 1.165) is 18.2 Å². The minimum Gasteiger partial charge on any atom is -0.343 e. The van der Waals surface area contributed by atoms with Gasteiger partial charge in [-0.3, -0.25) is 9.59 Å². The molecule has 1 fully saturated rings. The number of anilines is 1. The third-order valence-corrected chi connectivity index (χ3v) is 6.13. The number of carbonyl (C=O) groups is 2. The highest BCUT2D eigenvalue weighted by atomic mass is 35.5. The van der Waals surface area contributed by atoms with Gasteiger partial charge in [-0.2, -0.15) is 13.2 Å². The quantitative estimate of drug-likeness (QED) is 0.359. The zero-order valence-electron chi connectivity index (χ0n) is 15.5. The van der Waals surface area contributed by atoms with E-state index in [2.05, 4.69) is 5.32 Å². The maximum Gasteiger partial charge on any atom is 0.405 e. The third-order valence-electron chi connectivity index (χ3n) is 4.63. The Labute approximate surface area is 198 Å². The first-order valence-electron chi connectivity index (χ1n) is 8.70. The van der Waals surface area contributed by atoms with Crippen molar-refractivity contribution in [3.63, 3.8) is 0 Å². The van der Waals surface area contributed by atoms with Gasteiger partial charge in [0.1, 0.15) is 16.7 Å². The van der Waals surface area contributed by atoms with E-state index in [4.69, 9.17) is 46.4 Å². The molecule has 2 aromatic carbocycles. The van der Waals surface area contributed by atoms with Crippen molar-refractivity contribution in [1.82, 2.24) is 5.32 Å². The standard InChI is InChI=1S/C19H11Cl4F5N2O2/c20-10-3-7(1-2-12(10)24)13-14(19(13,22)23)17(32)30-8-4-9(15(25)11(21)5-8)16(31)29-6-18(26,27)28/h1-5,13-14H,6H2,(H,29,31)(H,30,32). The van der Waals surface area contributed by atoms with Gasteiger partial charge in [0.05, 0.1) is 21.5 Å². The maximum absolute atomic E-state index is 14.2. The van der Waals surface area contributed by atoms with Crippen LogP contribution in [0.1, 0.15) is 21.8 Å². The van der Waals surface area contributed by atoms with Crippen molar-refractivity contribution in [3.8, 4) is 0 Å². The number of hydrogen-bond donors (Lipinski definition) is 2. The Morgan fingerprint density at radius 1 is 1.03 bits per heavy atom. The molecule has 13 heteroatoms. The lowest BCUT2D eigenvalue weighted by atomic mass is 10.1. The first-order valence-corrected chi connectivity index (χ1v) is 10.2. The van der Waals surface area contributed by atoms with Crippen molar-refractivity contribution in [2.75, 3.05) is 11.9 Å². The lowest BCUT2D eigenvalue weighted by molar-refractivity contribution is -0.123. The zero-order chi connectivity index (χ0) is 24.0. The Morgan fingerprint density at radius 2 is 1.69 bits per heavy atom. The van der Waals surface area contributed by atoms with Gasteiger partial charge in [-0.1, -0.05) is 29.3 Å². The zero-order valence-corrected chi connectivity index (χ0v) is 18.5. The molecule has 1 saturated carbocycles. The van der Waals surface area contributed by atoms with Crippen LogP contribution in [0.3, 0.4) is 0 Å². The molecular formula is C19H11Cl4F5N2O2. The molecule has 0 bridgehead atoms. The van der Waals surface area contributed by atoms with E-state index < -0.39 is 62.9 Å². The lowest BCUT2D eigenvalue weighted by Crippen LogP contribution is -2.34. The third kappa shape index (κ3) is 5.22. The second-order valence-electron chi connectivity index (χ2n) is 6.91. The number of alkyl halides is 5. The van der Waals surface area contributed by atoms with Crippen molar-refractivity contribution in [1.29, 1.82) is 0 Å². The molecule has 2 unspecified atom stereocenters. The van der Waals surface area contributed by atoms with Gasteiger partial charge in [-0.15, -0.1) is 23.2 Å². The average Bonchev–Trinajstić information content (AvgIpc) is 3.26. The van der Waals surface area contributed by atoms with Gasteiger partial charge in [0.25, 0.3) is 5.91 Å². The molecule has 2 amide bonds. The molecule has 0 aliphatic heterocycles. The second-order valence-corrected chi connectivity index (χ2v) is 9.17. The van der Waals surface area contributed by atoms with Crippen molar-refractivity contribution in [2.24, 2.45) is 5.92 Å². The molecule has 0 aromatic heterocycles. The number of benzene rings is 2. The van der Waals surface area contributed by atoms with Gasteiger partial charge in [-0.25, -0.2) is 8.78 Å². The van der Waals surface area contributed by atoms with E-state index in [-0.39, 0.29) is 10.7 Å². The van der Waals surface area contributed by atoms with Crippen LogP contribution >= 0.6 is 46.4 Å². The summed E-state index contributed by atoms with van der Waals surface area (Å²) in [6, 6.07) is 5.50. The smallest absolute Gasteiger partial charge is 0.343 e. The molecule has 4 nitrogen and oxygen atoms in total. The van der Waals surface area contributed by atoms with Crippen LogP contribution in [0.2, 0.25) is 10.0 Å². The largest absolute Gasteiger partial charge is 0.405 e. The van der Waals surface area contributed by atoms with E-state index in [1.165, 1.54) is 17.4 Å². The van der Waals surface area contributed by atoms with Crippen molar-refractivity contribution in [2.45, 2.75) is 16.4 Å². The number of rotatable bonds is 5. The highest BCUT2D eigenvalue weighted by molar-refractivity contribution is 6.53. The highest BCUT2D eigenvalue weighted by Crippen LogP contribution is 2.65. The molecule has 1 aliphatic carbocycles. The van der Waals surface area contributed by atoms with Gasteiger partial charge >= 0.3 is 6.18 Å². The van der Waals surface area contributed by atoms with Gasteiger partial charge < -0.3 is 10.6 Å². The van der Waals surface area contributed by atoms with Crippen molar-refractivity contribution in [3.05, 3.63) is 63.1 Å². The maximum atomic E-state index is 14.2. The van der Waals surface area contributed by atoms with Crippen LogP contribution in [0.5, 0.6) is 0 Å². The summed E-state index contributed by atoms with van der Waals surface area (Å²) in [7, 11) is 0. The first-order chi connectivity index (χ1) is 14.7. The van der Waals surface area contributed by atoms with Crippen LogP contribution in [0, 0.1) is 17.6 Å². The fourth-order valence-electron chi connectivity index (χ4n) is 3.10. The highest BCUT2D eigenvalue weighted by Gasteiger charge is 2.67. The first kappa shape index (κ1) is 24.8. The summed E-state index contributed by atoms with van der Waals surface area (Å²) < 4.78 is 62.9. The summed E-state index contributed by atoms with van der Waals surface area (Å²) in [4.78, 5) is 24.6. The molecule has 2 N–H and O–H groups in total. The number of nitrogens with one attached hydrogen (secondary N) is 2. The van der Waals surface area contributed by atoms with Crippen molar-refractivity contribution < 1.29 is 31.5 Å². The predicted molar refractivity (Wildman–Crippen MR) is 111 cm³/mol. The van der Waals surface area contributed by atoms with Crippen LogP contribution in [0.4, 0.5) is 27.6 Å². The summed E-state index contributed by atoms with van der Waals surface area (Å²) in [5, 5.41) is 3.06. The summed E-state index contributed by atoms with van der Waals surface area (Å²) in [6.45, 7) is -1.69. The van der Waals surface area contributed by atoms with E-state index in [1.807, 2.05) is 0 Å². The topological polar surface area (TPSA) is 58.2 Å². The summed E-state index contributed by atoms with van der Waals surface area (Å²) in [6.07, 6.45) is -4.71. The normalized spacial score (nSPS) is 19.4. The fraction of sp³-hybridized carbons (Fsp3) is 0.263. The van der Waals surface area contributed by atoms with E-state index in [9.17, 15) is 31.5 Å². The number of amides is 2. The molecule has 2 atom stereocenters. The molecule has 172 valence electrons. The molecule has 3 rings (SSSR count). The molecule has 1 aliphatic rings. The Morgan fingerprint density at radius 3 is 2.28 bits per heavy atom. The minimum atomic E-state index is -4.71. The minimum absolute atomic E-state index is 0.175. The monoisotopic (exact) mass is 534 g/mol. The van der Waals surface area contributed by atoms with Crippen LogP contribution in [-0.4, -0.2) is 28.9 Å². The number of halogens is 9. The molecular weight excluding hydrogens is 525 g/mol. The van der Waals surface area contributed by atoms with Gasteiger partial charge in [0, 0.05) is 11.6 Å². The van der Waals surface area contributed by atoms with Crippen LogP contribution in [-0.2, 0) is 4.79 Å². The molecule has 0 saturated heterocycles.